The highest BCUT2D eigenvalue weighted by Crippen LogP contribution is 2.45. The molecule has 1 heterocycles. The van der Waals surface area contributed by atoms with Crippen molar-refractivity contribution in [2.24, 2.45) is 5.41 Å². The summed E-state index contributed by atoms with van der Waals surface area (Å²) in [6.07, 6.45) is 2.58. The topological polar surface area (TPSA) is 12.0 Å². The van der Waals surface area contributed by atoms with Crippen molar-refractivity contribution in [3.63, 3.8) is 0 Å². The van der Waals surface area contributed by atoms with E-state index in [0.717, 1.165) is 17.8 Å². The summed E-state index contributed by atoms with van der Waals surface area (Å²) in [5.41, 5.74) is 2.09. The van der Waals surface area contributed by atoms with E-state index in [2.05, 4.69) is 43.4 Å². The normalized spacial score (nSPS) is 30.1. The molecule has 1 fully saturated rings. The van der Waals surface area contributed by atoms with Crippen LogP contribution < -0.4 is 5.32 Å². The Hall–Kier alpha value is -0.470. The minimum atomic E-state index is 0.552. The van der Waals surface area contributed by atoms with E-state index >= 15 is 0 Å². The molecule has 2 atom stereocenters. The van der Waals surface area contributed by atoms with Gasteiger partial charge in [-0.3, -0.25) is 0 Å². The summed E-state index contributed by atoms with van der Waals surface area (Å²) in [5.74, 6) is 0. The van der Waals surface area contributed by atoms with Crippen LogP contribution in [-0.2, 0) is 6.42 Å². The van der Waals surface area contributed by atoms with E-state index in [1.54, 1.807) is 0 Å². The minimum Gasteiger partial charge on any atom is -0.312 e. The zero-order valence-electron chi connectivity index (χ0n) is 9.99. The van der Waals surface area contributed by atoms with Crippen LogP contribution in [0.2, 0.25) is 0 Å². The van der Waals surface area contributed by atoms with Crippen molar-refractivity contribution in [3.05, 3.63) is 29.8 Å². The Kier molecular flexibility index (Phi) is 2.52. The second-order valence-electron chi connectivity index (χ2n) is 5.71. The summed E-state index contributed by atoms with van der Waals surface area (Å²) in [7, 11) is 0. The summed E-state index contributed by atoms with van der Waals surface area (Å²) in [4.78, 5) is 1.49. The standard InChI is InChI=1S/C14H19NS/c1-14(2)8-13(14)15-9-11-7-10-5-3-4-6-12(10)16-11/h3-6,11,13,15H,7-9H2,1-2H3. The van der Waals surface area contributed by atoms with Gasteiger partial charge in [-0.05, 0) is 29.9 Å². The first kappa shape index (κ1) is 10.7. The van der Waals surface area contributed by atoms with Crippen molar-refractivity contribution in [2.45, 2.75) is 42.9 Å². The minimum absolute atomic E-state index is 0.552. The number of hydrogen-bond acceptors (Lipinski definition) is 2. The quantitative estimate of drug-likeness (QED) is 0.861. The van der Waals surface area contributed by atoms with Gasteiger partial charge in [0.25, 0.3) is 0 Å². The van der Waals surface area contributed by atoms with Gasteiger partial charge >= 0.3 is 0 Å². The fraction of sp³-hybridized carbons (Fsp3) is 0.571. The first-order valence-electron chi connectivity index (χ1n) is 6.13. The fourth-order valence-corrected chi connectivity index (χ4v) is 3.72. The van der Waals surface area contributed by atoms with E-state index < -0.39 is 0 Å². The van der Waals surface area contributed by atoms with Crippen LogP contribution in [0.15, 0.2) is 29.2 Å². The molecule has 2 aliphatic rings. The van der Waals surface area contributed by atoms with E-state index in [-0.39, 0.29) is 0 Å². The molecular weight excluding hydrogens is 214 g/mol. The van der Waals surface area contributed by atoms with Crippen LogP contribution in [0.25, 0.3) is 0 Å². The largest absolute Gasteiger partial charge is 0.312 e. The van der Waals surface area contributed by atoms with E-state index in [0.29, 0.717) is 5.41 Å². The summed E-state index contributed by atoms with van der Waals surface area (Å²) in [5, 5.41) is 4.45. The molecule has 0 spiro atoms. The Morgan fingerprint density at radius 1 is 1.38 bits per heavy atom. The smallest absolute Gasteiger partial charge is 0.0260 e. The van der Waals surface area contributed by atoms with Crippen LogP contribution in [0.4, 0.5) is 0 Å². The van der Waals surface area contributed by atoms with Gasteiger partial charge in [-0.25, -0.2) is 0 Å². The van der Waals surface area contributed by atoms with Gasteiger partial charge in [0.05, 0.1) is 0 Å². The molecule has 0 bridgehead atoms. The Bertz CT molecular complexity index is 374. The van der Waals surface area contributed by atoms with Gasteiger partial charge in [-0.15, -0.1) is 11.8 Å². The highest BCUT2D eigenvalue weighted by molar-refractivity contribution is 8.00. The van der Waals surface area contributed by atoms with E-state index in [9.17, 15) is 0 Å². The van der Waals surface area contributed by atoms with Crippen LogP contribution in [-0.4, -0.2) is 17.8 Å². The van der Waals surface area contributed by atoms with Crippen molar-refractivity contribution >= 4 is 11.8 Å². The molecule has 1 aliphatic heterocycles. The molecule has 2 unspecified atom stereocenters. The molecule has 1 aliphatic carbocycles. The lowest BCUT2D eigenvalue weighted by Crippen LogP contribution is -2.28. The predicted octanol–water partition coefficient (Wildman–Crippen LogP) is 3.09. The zero-order valence-corrected chi connectivity index (χ0v) is 10.8. The predicted molar refractivity (Wildman–Crippen MR) is 70.0 cm³/mol. The van der Waals surface area contributed by atoms with Gasteiger partial charge in [-0.1, -0.05) is 32.0 Å². The van der Waals surface area contributed by atoms with E-state index in [4.69, 9.17) is 0 Å². The highest BCUT2D eigenvalue weighted by Gasteiger charge is 2.45. The lowest BCUT2D eigenvalue weighted by Gasteiger charge is -2.11. The van der Waals surface area contributed by atoms with Gasteiger partial charge in [0.2, 0.25) is 0 Å². The Labute approximate surface area is 102 Å². The van der Waals surface area contributed by atoms with Gasteiger partial charge in [0.15, 0.2) is 0 Å². The number of hydrogen-bond donors (Lipinski definition) is 1. The average molecular weight is 233 g/mol. The Morgan fingerprint density at radius 2 is 2.12 bits per heavy atom. The van der Waals surface area contributed by atoms with E-state index in [1.807, 2.05) is 11.8 Å². The van der Waals surface area contributed by atoms with Crippen LogP contribution >= 0.6 is 11.8 Å². The SMILES string of the molecule is CC1(C)CC1NCC1Cc2ccccc2S1. The molecule has 1 aromatic carbocycles. The van der Waals surface area contributed by atoms with Crippen molar-refractivity contribution in [1.82, 2.24) is 5.32 Å². The molecule has 16 heavy (non-hydrogen) atoms. The zero-order chi connectivity index (χ0) is 11.2. The molecule has 1 saturated carbocycles. The van der Waals surface area contributed by atoms with Crippen LogP contribution in [0.5, 0.6) is 0 Å². The van der Waals surface area contributed by atoms with Crippen molar-refractivity contribution in [3.8, 4) is 0 Å². The summed E-state index contributed by atoms with van der Waals surface area (Å²) in [6.45, 7) is 5.86. The van der Waals surface area contributed by atoms with Gasteiger partial charge in [0, 0.05) is 22.7 Å². The molecule has 0 saturated heterocycles. The molecule has 86 valence electrons. The van der Waals surface area contributed by atoms with Gasteiger partial charge < -0.3 is 5.32 Å². The third-order valence-corrected chi connectivity index (χ3v) is 5.14. The Morgan fingerprint density at radius 3 is 2.81 bits per heavy atom. The molecule has 0 aromatic heterocycles. The highest BCUT2D eigenvalue weighted by atomic mass is 32.2. The maximum atomic E-state index is 3.70. The summed E-state index contributed by atoms with van der Waals surface area (Å²) in [6, 6.07) is 9.58. The van der Waals surface area contributed by atoms with Crippen LogP contribution in [0.1, 0.15) is 25.8 Å². The van der Waals surface area contributed by atoms with E-state index in [1.165, 1.54) is 23.3 Å². The molecular formula is C14H19NS. The number of fused-ring (bicyclic) bond motifs is 1. The molecule has 1 nitrogen and oxygen atoms in total. The third kappa shape index (κ3) is 2.01. The molecule has 0 radical (unpaired) electrons. The molecule has 3 rings (SSSR count). The second-order valence-corrected chi connectivity index (χ2v) is 7.05. The molecule has 2 heteroatoms. The third-order valence-electron chi connectivity index (χ3n) is 3.82. The maximum absolute atomic E-state index is 3.70. The average Bonchev–Trinajstić information content (AvgIpc) is 2.72. The number of nitrogens with one attached hydrogen (secondary N) is 1. The lowest BCUT2D eigenvalue weighted by molar-refractivity contribution is 0.539. The van der Waals surface area contributed by atoms with Crippen molar-refractivity contribution in [1.29, 1.82) is 0 Å². The number of benzene rings is 1. The molecule has 1 aromatic rings. The summed E-state index contributed by atoms with van der Waals surface area (Å²) < 4.78 is 0. The monoisotopic (exact) mass is 233 g/mol. The fourth-order valence-electron chi connectivity index (χ4n) is 2.46. The van der Waals surface area contributed by atoms with Crippen LogP contribution in [0.3, 0.4) is 0 Å². The Balaban J connectivity index is 1.53. The second kappa shape index (κ2) is 3.78. The van der Waals surface area contributed by atoms with Crippen molar-refractivity contribution < 1.29 is 0 Å². The first-order valence-corrected chi connectivity index (χ1v) is 7.01. The molecule has 0 amide bonds. The van der Waals surface area contributed by atoms with Gasteiger partial charge in [0.1, 0.15) is 0 Å². The van der Waals surface area contributed by atoms with Crippen LogP contribution in [0, 0.1) is 5.41 Å². The maximum Gasteiger partial charge on any atom is 0.0260 e. The molecule has 1 N–H and O–H groups in total. The lowest BCUT2D eigenvalue weighted by atomic mass is 10.1. The first-order chi connectivity index (χ1) is 7.65. The summed E-state index contributed by atoms with van der Waals surface area (Å²) >= 11 is 2.04. The van der Waals surface area contributed by atoms with Crippen molar-refractivity contribution in [2.75, 3.05) is 6.54 Å². The number of rotatable bonds is 3. The number of thioether (sulfide) groups is 1. The van der Waals surface area contributed by atoms with Gasteiger partial charge in [-0.2, -0.15) is 0 Å².